The van der Waals surface area contributed by atoms with E-state index < -0.39 is 11.9 Å². The maximum Gasteiger partial charge on any atom is 0.433 e. The molecule has 6 nitrogen and oxygen atoms in total. The van der Waals surface area contributed by atoms with Crippen LogP contribution in [0.25, 0.3) is 11.4 Å². The molecule has 3 rings (SSSR count). The van der Waals surface area contributed by atoms with E-state index in [1.165, 1.54) is 17.3 Å². The third-order valence-corrected chi connectivity index (χ3v) is 3.63. The maximum atomic E-state index is 13.1. The molecule has 3 heterocycles. The lowest BCUT2D eigenvalue weighted by molar-refractivity contribution is -0.141. The van der Waals surface area contributed by atoms with E-state index >= 15 is 0 Å². The smallest absolute Gasteiger partial charge is 0.365 e. The average Bonchev–Trinajstić information content (AvgIpc) is 2.85. The van der Waals surface area contributed by atoms with Gasteiger partial charge < -0.3 is 10.2 Å². The van der Waals surface area contributed by atoms with Gasteiger partial charge in [-0.15, -0.1) is 0 Å². The molecule has 1 saturated heterocycles. The van der Waals surface area contributed by atoms with Crippen molar-refractivity contribution in [2.45, 2.75) is 18.6 Å². The van der Waals surface area contributed by atoms with Crippen LogP contribution in [0.5, 0.6) is 0 Å². The van der Waals surface area contributed by atoms with Gasteiger partial charge in [0.1, 0.15) is 5.82 Å². The zero-order valence-corrected chi connectivity index (χ0v) is 12.7. The molecule has 9 heteroatoms. The molecule has 1 fully saturated rings. The Kier molecular flexibility index (Phi) is 4.08. The zero-order chi connectivity index (χ0) is 17.3. The topological polar surface area (TPSA) is 71.0 Å². The Bertz CT molecular complexity index is 751. The SMILES string of the molecule is CN1CC(Nc2cc(C(F)(F)F)nc(-c3cccnc3)n2)CC1=O. The summed E-state index contributed by atoms with van der Waals surface area (Å²) in [6.07, 6.45) is -1.48. The van der Waals surface area contributed by atoms with Crippen molar-refractivity contribution in [3.05, 3.63) is 36.3 Å². The second-order valence-corrected chi connectivity index (χ2v) is 5.52. The number of rotatable bonds is 3. The van der Waals surface area contributed by atoms with Gasteiger partial charge in [0, 0.05) is 44.0 Å². The fourth-order valence-corrected chi connectivity index (χ4v) is 2.46. The third-order valence-electron chi connectivity index (χ3n) is 3.63. The molecular formula is C15H14F3N5O. The molecule has 0 bridgehead atoms. The van der Waals surface area contributed by atoms with Gasteiger partial charge in [-0.3, -0.25) is 9.78 Å². The van der Waals surface area contributed by atoms with E-state index in [0.717, 1.165) is 6.07 Å². The average molecular weight is 337 g/mol. The number of carbonyl (C=O) groups is 1. The van der Waals surface area contributed by atoms with Gasteiger partial charge in [-0.05, 0) is 12.1 Å². The van der Waals surface area contributed by atoms with Crippen molar-refractivity contribution in [3.63, 3.8) is 0 Å². The lowest BCUT2D eigenvalue weighted by Crippen LogP contribution is -2.25. The molecule has 0 spiro atoms. The molecular weight excluding hydrogens is 323 g/mol. The van der Waals surface area contributed by atoms with Crippen LogP contribution in [0.1, 0.15) is 12.1 Å². The molecule has 0 saturated carbocycles. The Hall–Kier alpha value is -2.71. The van der Waals surface area contributed by atoms with Gasteiger partial charge in [-0.1, -0.05) is 0 Å². The van der Waals surface area contributed by atoms with Crippen molar-refractivity contribution < 1.29 is 18.0 Å². The molecule has 1 amide bonds. The van der Waals surface area contributed by atoms with Crippen molar-refractivity contribution >= 4 is 11.7 Å². The predicted molar refractivity (Wildman–Crippen MR) is 79.9 cm³/mol. The van der Waals surface area contributed by atoms with Crippen molar-refractivity contribution in [3.8, 4) is 11.4 Å². The monoisotopic (exact) mass is 337 g/mol. The molecule has 1 atom stereocenters. The van der Waals surface area contributed by atoms with Crippen molar-refractivity contribution in [1.82, 2.24) is 19.9 Å². The Morgan fingerprint density at radius 3 is 2.71 bits per heavy atom. The summed E-state index contributed by atoms with van der Waals surface area (Å²) in [5.74, 6) is -0.104. The number of anilines is 1. The minimum absolute atomic E-state index is 0.0317. The standard InChI is InChI=1S/C15H14F3N5O/c1-23-8-10(5-13(23)24)20-12-6-11(15(16,17)18)21-14(22-12)9-3-2-4-19-7-9/h2-4,6-7,10H,5,8H2,1H3,(H,20,21,22). The van der Waals surface area contributed by atoms with Crippen molar-refractivity contribution in [2.75, 3.05) is 18.9 Å². The van der Waals surface area contributed by atoms with Crippen LogP contribution in [-0.2, 0) is 11.0 Å². The Balaban J connectivity index is 1.95. The molecule has 24 heavy (non-hydrogen) atoms. The minimum atomic E-state index is -4.60. The Morgan fingerprint density at radius 2 is 2.12 bits per heavy atom. The lowest BCUT2D eigenvalue weighted by atomic mass is 10.2. The van der Waals surface area contributed by atoms with Crippen LogP contribution in [0.4, 0.5) is 19.0 Å². The van der Waals surface area contributed by atoms with Gasteiger partial charge in [0.25, 0.3) is 0 Å². The molecule has 0 aromatic carbocycles. The fourth-order valence-electron chi connectivity index (χ4n) is 2.46. The largest absolute Gasteiger partial charge is 0.433 e. The summed E-state index contributed by atoms with van der Waals surface area (Å²) < 4.78 is 39.3. The van der Waals surface area contributed by atoms with Crippen LogP contribution in [0.3, 0.4) is 0 Å². The number of halogens is 3. The first-order chi connectivity index (χ1) is 11.3. The maximum absolute atomic E-state index is 13.1. The summed E-state index contributed by atoms with van der Waals surface area (Å²) in [6.45, 7) is 0.409. The lowest BCUT2D eigenvalue weighted by Gasteiger charge is -2.15. The van der Waals surface area contributed by atoms with Crippen LogP contribution >= 0.6 is 0 Å². The summed E-state index contributed by atoms with van der Waals surface area (Å²) in [5, 5.41) is 2.89. The van der Waals surface area contributed by atoms with E-state index in [9.17, 15) is 18.0 Å². The fraction of sp³-hybridized carbons (Fsp3) is 0.333. The first-order valence-electron chi connectivity index (χ1n) is 7.20. The minimum Gasteiger partial charge on any atom is -0.365 e. The number of alkyl halides is 3. The highest BCUT2D eigenvalue weighted by Crippen LogP contribution is 2.31. The second kappa shape index (κ2) is 6.06. The number of likely N-dealkylation sites (N-methyl/N-ethyl adjacent to an activating group) is 1. The molecule has 1 aliphatic rings. The second-order valence-electron chi connectivity index (χ2n) is 5.52. The number of hydrogen-bond acceptors (Lipinski definition) is 5. The number of carbonyl (C=O) groups excluding carboxylic acids is 1. The van der Waals surface area contributed by atoms with Crippen LogP contribution in [0, 0.1) is 0 Å². The number of amides is 1. The first kappa shape index (κ1) is 16.2. The molecule has 1 N–H and O–H groups in total. The molecule has 126 valence electrons. The van der Waals surface area contributed by atoms with E-state index in [0.29, 0.717) is 12.1 Å². The number of nitrogens with zero attached hydrogens (tertiary/aromatic N) is 4. The summed E-state index contributed by atoms with van der Waals surface area (Å²) in [4.78, 5) is 24.7. The molecule has 2 aromatic heterocycles. The quantitative estimate of drug-likeness (QED) is 0.930. The highest BCUT2D eigenvalue weighted by atomic mass is 19.4. The van der Waals surface area contributed by atoms with Gasteiger partial charge in [0.05, 0.1) is 6.04 Å². The van der Waals surface area contributed by atoms with Crippen LogP contribution in [0.15, 0.2) is 30.6 Å². The van der Waals surface area contributed by atoms with Gasteiger partial charge >= 0.3 is 6.18 Å². The number of likely N-dealkylation sites (tertiary alicyclic amines) is 1. The third kappa shape index (κ3) is 3.44. The Morgan fingerprint density at radius 1 is 1.33 bits per heavy atom. The number of hydrogen-bond donors (Lipinski definition) is 1. The van der Waals surface area contributed by atoms with Crippen LogP contribution in [-0.4, -0.2) is 45.4 Å². The molecule has 0 radical (unpaired) electrons. The van der Waals surface area contributed by atoms with Gasteiger partial charge in [-0.25, -0.2) is 9.97 Å². The van der Waals surface area contributed by atoms with E-state index in [1.807, 2.05) is 0 Å². The van der Waals surface area contributed by atoms with E-state index in [1.54, 1.807) is 19.2 Å². The first-order valence-corrected chi connectivity index (χ1v) is 7.20. The zero-order valence-electron chi connectivity index (χ0n) is 12.7. The molecule has 2 aromatic rings. The van der Waals surface area contributed by atoms with Crippen LogP contribution < -0.4 is 5.32 Å². The van der Waals surface area contributed by atoms with E-state index in [4.69, 9.17) is 0 Å². The molecule has 1 aliphatic heterocycles. The van der Waals surface area contributed by atoms with Gasteiger partial charge in [-0.2, -0.15) is 13.2 Å². The highest BCUT2D eigenvalue weighted by molar-refractivity contribution is 5.79. The molecule has 1 unspecified atom stereocenters. The van der Waals surface area contributed by atoms with Gasteiger partial charge in [0.2, 0.25) is 5.91 Å². The summed E-state index contributed by atoms with van der Waals surface area (Å²) >= 11 is 0. The van der Waals surface area contributed by atoms with Gasteiger partial charge in [0.15, 0.2) is 11.5 Å². The number of pyridine rings is 1. The summed E-state index contributed by atoms with van der Waals surface area (Å²) in [6, 6.07) is 3.73. The number of aromatic nitrogens is 3. The normalized spacial score (nSPS) is 18.1. The van der Waals surface area contributed by atoms with Crippen LogP contribution in [0.2, 0.25) is 0 Å². The van der Waals surface area contributed by atoms with Crippen molar-refractivity contribution in [2.24, 2.45) is 0 Å². The Labute approximate surface area is 135 Å². The van der Waals surface area contributed by atoms with Crippen molar-refractivity contribution in [1.29, 1.82) is 0 Å². The highest BCUT2D eigenvalue weighted by Gasteiger charge is 2.34. The summed E-state index contributed by atoms with van der Waals surface area (Å²) in [7, 11) is 1.65. The summed E-state index contributed by atoms with van der Waals surface area (Å²) in [5.41, 5.74) is -0.664. The van der Waals surface area contributed by atoms with E-state index in [2.05, 4.69) is 20.3 Å². The predicted octanol–water partition coefficient (Wildman–Crippen LogP) is 2.20. The van der Waals surface area contributed by atoms with E-state index in [-0.39, 0.29) is 30.0 Å². The number of nitrogens with one attached hydrogen (secondary N) is 1. The molecule has 0 aliphatic carbocycles.